The van der Waals surface area contributed by atoms with Gasteiger partial charge in [-0.2, -0.15) is 0 Å². The van der Waals surface area contributed by atoms with Gasteiger partial charge in [-0.05, 0) is 37.0 Å². The number of amides is 1. The highest BCUT2D eigenvalue weighted by atomic mass is 16.5. The highest BCUT2D eigenvalue weighted by molar-refractivity contribution is 5.93. The van der Waals surface area contributed by atoms with Crippen LogP contribution < -0.4 is 10.6 Å². The first-order chi connectivity index (χ1) is 12.4. The van der Waals surface area contributed by atoms with Gasteiger partial charge in [-0.15, -0.1) is 0 Å². The number of hydrogen-bond acceptors (Lipinski definition) is 3. The molecule has 0 aromatic heterocycles. The van der Waals surface area contributed by atoms with Crippen LogP contribution >= 0.6 is 0 Å². The van der Waals surface area contributed by atoms with E-state index >= 15 is 0 Å². The van der Waals surface area contributed by atoms with Crippen molar-refractivity contribution in [3.63, 3.8) is 0 Å². The fourth-order valence-electron chi connectivity index (χ4n) is 2.59. The fraction of sp³-hybridized carbons (Fsp3) is 0.600. The lowest BCUT2D eigenvalue weighted by atomic mass is 10.0. The Morgan fingerprint density at radius 3 is 2.35 bits per heavy atom. The summed E-state index contributed by atoms with van der Waals surface area (Å²) >= 11 is 0. The van der Waals surface area contributed by atoms with E-state index in [9.17, 15) is 4.79 Å². The highest BCUT2D eigenvalue weighted by Crippen LogP contribution is 2.10. The number of nitrogens with zero attached hydrogens (tertiary/aromatic N) is 2. The number of benzene rings is 1. The van der Waals surface area contributed by atoms with Gasteiger partial charge in [0.2, 0.25) is 0 Å². The molecule has 26 heavy (non-hydrogen) atoms. The van der Waals surface area contributed by atoms with Crippen molar-refractivity contribution in [2.75, 3.05) is 34.3 Å². The van der Waals surface area contributed by atoms with Crippen LogP contribution in [0.3, 0.4) is 0 Å². The monoisotopic (exact) mass is 362 g/mol. The molecule has 1 rings (SSSR count). The van der Waals surface area contributed by atoms with Crippen molar-refractivity contribution >= 4 is 11.9 Å². The molecule has 1 unspecified atom stereocenters. The van der Waals surface area contributed by atoms with E-state index < -0.39 is 0 Å². The maximum absolute atomic E-state index is 11.9. The van der Waals surface area contributed by atoms with E-state index in [4.69, 9.17) is 4.74 Å². The Labute approximate surface area is 158 Å². The number of carbonyl (C=O) groups is 1. The lowest BCUT2D eigenvalue weighted by Crippen LogP contribution is -2.38. The summed E-state index contributed by atoms with van der Waals surface area (Å²) in [7, 11) is 5.27. The van der Waals surface area contributed by atoms with Crippen molar-refractivity contribution in [2.45, 2.75) is 39.8 Å². The minimum Gasteiger partial charge on any atom is -0.378 e. The fourth-order valence-corrected chi connectivity index (χ4v) is 2.59. The third-order valence-corrected chi connectivity index (χ3v) is 4.14. The molecule has 0 bridgehead atoms. The second kappa shape index (κ2) is 11.5. The lowest BCUT2D eigenvalue weighted by molar-refractivity contribution is 0.0258. The van der Waals surface area contributed by atoms with Crippen LogP contribution in [0.15, 0.2) is 29.3 Å². The van der Waals surface area contributed by atoms with E-state index in [1.165, 1.54) is 0 Å². The first kappa shape index (κ1) is 22.0. The second-order valence-corrected chi connectivity index (χ2v) is 6.78. The summed E-state index contributed by atoms with van der Waals surface area (Å²) in [5.41, 5.74) is 1.79. The van der Waals surface area contributed by atoms with E-state index in [1.807, 2.05) is 31.2 Å². The third kappa shape index (κ3) is 7.44. The molecule has 1 amide bonds. The summed E-state index contributed by atoms with van der Waals surface area (Å²) in [6.45, 7) is 8.58. The maximum Gasteiger partial charge on any atom is 0.253 e. The average Bonchev–Trinajstić information content (AvgIpc) is 2.63. The number of nitrogens with one attached hydrogen (secondary N) is 2. The van der Waals surface area contributed by atoms with Crippen molar-refractivity contribution < 1.29 is 9.53 Å². The van der Waals surface area contributed by atoms with Crippen LogP contribution in [-0.2, 0) is 11.3 Å². The van der Waals surface area contributed by atoms with Crippen LogP contribution in [0.2, 0.25) is 0 Å². The summed E-state index contributed by atoms with van der Waals surface area (Å²) in [5.74, 6) is 1.27. The van der Waals surface area contributed by atoms with Crippen molar-refractivity contribution in [3.8, 4) is 0 Å². The molecule has 0 saturated heterocycles. The van der Waals surface area contributed by atoms with Gasteiger partial charge in [0.05, 0.1) is 6.10 Å². The zero-order chi connectivity index (χ0) is 19.5. The summed E-state index contributed by atoms with van der Waals surface area (Å²) in [4.78, 5) is 17.7. The highest BCUT2D eigenvalue weighted by Gasteiger charge is 2.13. The predicted molar refractivity (Wildman–Crippen MR) is 108 cm³/mol. The molecule has 1 aromatic carbocycles. The molecule has 0 radical (unpaired) electrons. The van der Waals surface area contributed by atoms with Crippen LogP contribution in [0.4, 0.5) is 0 Å². The number of carbonyl (C=O) groups excluding carboxylic acids is 1. The number of ether oxygens (including phenoxy) is 1. The molecule has 146 valence electrons. The van der Waals surface area contributed by atoms with Crippen LogP contribution in [0.1, 0.15) is 43.1 Å². The number of aliphatic imine (C=N–C) groups is 1. The number of rotatable bonds is 9. The zero-order valence-electron chi connectivity index (χ0n) is 17.0. The van der Waals surface area contributed by atoms with Crippen molar-refractivity contribution in [1.29, 1.82) is 0 Å². The van der Waals surface area contributed by atoms with Gasteiger partial charge in [-0.3, -0.25) is 9.79 Å². The summed E-state index contributed by atoms with van der Waals surface area (Å²) in [6.07, 6.45) is 1.19. The van der Waals surface area contributed by atoms with Gasteiger partial charge in [0, 0.05) is 46.4 Å². The molecule has 6 nitrogen and oxygen atoms in total. The third-order valence-electron chi connectivity index (χ3n) is 4.14. The second-order valence-electron chi connectivity index (χ2n) is 6.78. The number of guanidine groups is 1. The van der Waals surface area contributed by atoms with E-state index in [0.29, 0.717) is 18.0 Å². The maximum atomic E-state index is 11.9. The quantitative estimate of drug-likeness (QED) is 0.523. The van der Waals surface area contributed by atoms with Crippen LogP contribution in [0.5, 0.6) is 0 Å². The van der Waals surface area contributed by atoms with Gasteiger partial charge in [0.15, 0.2) is 5.96 Å². The average molecular weight is 363 g/mol. The molecular formula is C20H34N4O2. The molecule has 0 aliphatic carbocycles. The topological polar surface area (TPSA) is 66.0 Å². The molecule has 0 saturated carbocycles. The van der Waals surface area contributed by atoms with Gasteiger partial charge in [-0.1, -0.05) is 26.0 Å². The Morgan fingerprint density at radius 1 is 1.19 bits per heavy atom. The Morgan fingerprint density at radius 2 is 1.85 bits per heavy atom. The van der Waals surface area contributed by atoms with Crippen molar-refractivity contribution in [1.82, 2.24) is 15.5 Å². The Hall–Kier alpha value is -2.08. The molecule has 2 N–H and O–H groups in total. The van der Waals surface area contributed by atoms with Crippen LogP contribution in [-0.4, -0.2) is 57.2 Å². The molecule has 1 aromatic rings. The first-order valence-electron chi connectivity index (χ1n) is 9.25. The predicted octanol–water partition coefficient (Wildman–Crippen LogP) is 2.50. The lowest BCUT2D eigenvalue weighted by Gasteiger charge is -2.21. The first-order valence-corrected chi connectivity index (χ1v) is 9.25. The molecular weight excluding hydrogens is 328 g/mol. The van der Waals surface area contributed by atoms with Gasteiger partial charge >= 0.3 is 0 Å². The van der Waals surface area contributed by atoms with Gasteiger partial charge in [0.1, 0.15) is 0 Å². The molecule has 0 aliphatic rings. The van der Waals surface area contributed by atoms with Gasteiger partial charge in [-0.25, -0.2) is 0 Å². The van der Waals surface area contributed by atoms with Gasteiger partial charge < -0.3 is 20.3 Å². The number of hydrogen-bond donors (Lipinski definition) is 2. The van der Waals surface area contributed by atoms with Crippen LogP contribution in [0, 0.1) is 5.92 Å². The summed E-state index contributed by atoms with van der Waals surface area (Å²) < 4.78 is 5.76. The van der Waals surface area contributed by atoms with E-state index in [0.717, 1.165) is 31.1 Å². The normalized spacial score (nSPS) is 12.8. The molecule has 0 spiro atoms. The molecule has 0 aliphatic heterocycles. The minimum atomic E-state index is 0.0102. The Bertz CT molecular complexity index is 568. The van der Waals surface area contributed by atoms with Gasteiger partial charge in [0.25, 0.3) is 5.91 Å². The molecule has 1 atom stereocenters. The summed E-state index contributed by atoms with van der Waals surface area (Å²) in [6, 6.07) is 7.62. The minimum absolute atomic E-state index is 0.0102. The Balaban J connectivity index is 2.45. The molecule has 6 heteroatoms. The summed E-state index contributed by atoms with van der Waals surface area (Å²) in [5, 5.41) is 6.62. The van der Waals surface area contributed by atoms with E-state index in [1.54, 1.807) is 26.0 Å². The smallest absolute Gasteiger partial charge is 0.253 e. The zero-order valence-corrected chi connectivity index (χ0v) is 17.0. The van der Waals surface area contributed by atoms with Crippen LogP contribution in [0.25, 0.3) is 0 Å². The SMILES string of the molecule is CCOC(CCNC(=NC)NCc1ccc(C(=O)N(C)C)cc1)C(C)C. The standard InChI is InChI=1S/C20H34N4O2/c1-7-26-18(15(2)3)12-13-22-20(21-4)23-14-16-8-10-17(11-9-16)19(25)24(5)6/h8-11,15,18H,7,12-14H2,1-6H3,(H2,21,22,23). The van der Waals surface area contributed by atoms with Crippen molar-refractivity contribution in [3.05, 3.63) is 35.4 Å². The largest absolute Gasteiger partial charge is 0.378 e. The molecule has 0 fully saturated rings. The molecule has 0 heterocycles. The Kier molecular flexibility index (Phi) is 9.73. The van der Waals surface area contributed by atoms with E-state index in [-0.39, 0.29) is 12.0 Å². The van der Waals surface area contributed by atoms with Crippen molar-refractivity contribution in [2.24, 2.45) is 10.9 Å². The van der Waals surface area contributed by atoms with E-state index in [2.05, 4.69) is 29.5 Å².